The third-order valence-corrected chi connectivity index (χ3v) is 2.53. The average molecular weight is 231 g/mol. The summed E-state index contributed by atoms with van der Waals surface area (Å²) in [6, 6.07) is 8.25. The molecule has 2 rings (SSSR count). The number of H-pyrrole nitrogens is 1. The second-order valence-electron chi connectivity index (χ2n) is 3.95. The van der Waals surface area contributed by atoms with Gasteiger partial charge in [-0.1, -0.05) is 19.1 Å². The van der Waals surface area contributed by atoms with Gasteiger partial charge in [-0.25, -0.2) is 0 Å². The van der Waals surface area contributed by atoms with Crippen LogP contribution in [0.1, 0.15) is 24.6 Å². The largest absolute Gasteiger partial charge is 0.494 e. The zero-order chi connectivity index (χ0) is 11.9. The zero-order valence-corrected chi connectivity index (χ0v) is 10.0. The van der Waals surface area contributed by atoms with E-state index in [1.54, 1.807) is 6.20 Å². The molecular formula is C13H17N3O. The molecule has 0 unspecified atom stereocenters. The van der Waals surface area contributed by atoms with Gasteiger partial charge in [0.05, 0.1) is 18.5 Å². The Labute approximate surface area is 101 Å². The van der Waals surface area contributed by atoms with E-state index in [2.05, 4.69) is 34.5 Å². The van der Waals surface area contributed by atoms with Gasteiger partial charge in [-0.05, 0) is 37.0 Å². The van der Waals surface area contributed by atoms with Gasteiger partial charge in [0, 0.05) is 0 Å². The van der Waals surface area contributed by atoms with Crippen LogP contribution in [0.5, 0.6) is 5.75 Å². The molecule has 0 amide bonds. The number of hydrogen-bond donors (Lipinski definition) is 1. The van der Waals surface area contributed by atoms with Gasteiger partial charge in [-0.15, -0.1) is 0 Å². The molecule has 0 aliphatic rings. The van der Waals surface area contributed by atoms with Crippen LogP contribution in [0, 0.1) is 0 Å². The fourth-order valence-electron chi connectivity index (χ4n) is 1.59. The molecule has 4 heteroatoms. The van der Waals surface area contributed by atoms with Crippen molar-refractivity contribution in [2.75, 3.05) is 6.61 Å². The molecular weight excluding hydrogens is 214 g/mol. The van der Waals surface area contributed by atoms with Crippen molar-refractivity contribution in [1.82, 2.24) is 15.4 Å². The first-order valence-corrected chi connectivity index (χ1v) is 5.95. The standard InChI is InChI=1S/C13H17N3O/c1-2-9-17-13-7-4-11(5-8-13)3-6-12-10-14-16-15-12/h4-5,7-8,10H,2-3,6,9H2,1H3,(H,14,15,16). The zero-order valence-electron chi connectivity index (χ0n) is 10.0. The predicted octanol–water partition coefficient (Wildman–Crippen LogP) is 2.38. The molecule has 17 heavy (non-hydrogen) atoms. The first-order valence-electron chi connectivity index (χ1n) is 5.95. The van der Waals surface area contributed by atoms with Crippen LogP contribution in [0.15, 0.2) is 30.5 Å². The van der Waals surface area contributed by atoms with Gasteiger partial charge in [0.15, 0.2) is 0 Å². The van der Waals surface area contributed by atoms with E-state index in [0.29, 0.717) is 0 Å². The van der Waals surface area contributed by atoms with E-state index < -0.39 is 0 Å². The summed E-state index contributed by atoms with van der Waals surface area (Å²) in [5.41, 5.74) is 2.29. The highest BCUT2D eigenvalue weighted by atomic mass is 16.5. The van der Waals surface area contributed by atoms with E-state index >= 15 is 0 Å². The van der Waals surface area contributed by atoms with Crippen molar-refractivity contribution >= 4 is 0 Å². The second-order valence-corrected chi connectivity index (χ2v) is 3.95. The lowest BCUT2D eigenvalue weighted by Crippen LogP contribution is -1.96. The predicted molar refractivity (Wildman–Crippen MR) is 66.0 cm³/mol. The number of hydrogen-bond acceptors (Lipinski definition) is 3. The minimum atomic E-state index is 0.776. The van der Waals surface area contributed by atoms with Gasteiger partial charge >= 0.3 is 0 Å². The Kier molecular flexibility index (Phi) is 4.13. The van der Waals surface area contributed by atoms with Crippen molar-refractivity contribution in [2.24, 2.45) is 0 Å². The highest BCUT2D eigenvalue weighted by Gasteiger charge is 1.99. The van der Waals surface area contributed by atoms with Crippen LogP contribution in [0.2, 0.25) is 0 Å². The lowest BCUT2D eigenvalue weighted by Gasteiger charge is -2.05. The Morgan fingerprint density at radius 3 is 2.65 bits per heavy atom. The Morgan fingerprint density at radius 1 is 1.18 bits per heavy atom. The third-order valence-electron chi connectivity index (χ3n) is 2.53. The normalized spacial score (nSPS) is 10.4. The summed E-state index contributed by atoms with van der Waals surface area (Å²) >= 11 is 0. The van der Waals surface area contributed by atoms with Gasteiger partial charge in [0.2, 0.25) is 0 Å². The van der Waals surface area contributed by atoms with Crippen molar-refractivity contribution in [3.05, 3.63) is 41.7 Å². The van der Waals surface area contributed by atoms with E-state index in [1.165, 1.54) is 5.56 Å². The molecule has 1 aromatic heterocycles. The Balaban J connectivity index is 1.85. The third kappa shape index (κ3) is 3.59. The maximum absolute atomic E-state index is 5.53. The van der Waals surface area contributed by atoms with Crippen LogP contribution in [0.4, 0.5) is 0 Å². The maximum atomic E-state index is 5.53. The number of nitrogens with zero attached hydrogens (tertiary/aromatic N) is 2. The van der Waals surface area contributed by atoms with Crippen LogP contribution in [-0.4, -0.2) is 22.0 Å². The first kappa shape index (κ1) is 11.6. The minimum Gasteiger partial charge on any atom is -0.494 e. The fraction of sp³-hybridized carbons (Fsp3) is 0.385. The van der Waals surface area contributed by atoms with Gasteiger partial charge < -0.3 is 4.74 Å². The highest BCUT2D eigenvalue weighted by Crippen LogP contribution is 2.13. The van der Waals surface area contributed by atoms with Crippen LogP contribution in [-0.2, 0) is 12.8 Å². The van der Waals surface area contributed by atoms with E-state index in [9.17, 15) is 0 Å². The molecule has 0 saturated carbocycles. The molecule has 1 aromatic carbocycles. The summed E-state index contributed by atoms with van der Waals surface area (Å²) in [6.07, 6.45) is 4.68. The van der Waals surface area contributed by atoms with Crippen LogP contribution in [0.25, 0.3) is 0 Å². The van der Waals surface area contributed by atoms with E-state index in [1.807, 2.05) is 12.1 Å². The Morgan fingerprint density at radius 2 is 2.00 bits per heavy atom. The topological polar surface area (TPSA) is 50.8 Å². The van der Waals surface area contributed by atoms with Crippen LogP contribution in [0.3, 0.4) is 0 Å². The molecule has 0 radical (unpaired) electrons. The summed E-state index contributed by atoms with van der Waals surface area (Å²) in [4.78, 5) is 0. The molecule has 0 aliphatic carbocycles. The summed E-state index contributed by atoms with van der Waals surface area (Å²) in [5, 5.41) is 10.4. The monoisotopic (exact) mass is 231 g/mol. The van der Waals surface area contributed by atoms with E-state index in [-0.39, 0.29) is 0 Å². The number of benzene rings is 1. The first-order chi connectivity index (χ1) is 8.38. The van der Waals surface area contributed by atoms with Crippen molar-refractivity contribution in [1.29, 1.82) is 0 Å². The summed E-state index contributed by atoms with van der Waals surface area (Å²) in [7, 11) is 0. The van der Waals surface area contributed by atoms with E-state index in [4.69, 9.17) is 4.74 Å². The Bertz CT molecular complexity index is 422. The second kappa shape index (κ2) is 6.03. The summed E-state index contributed by atoms with van der Waals surface area (Å²) in [5.74, 6) is 0.942. The van der Waals surface area contributed by atoms with Gasteiger partial charge in [0.1, 0.15) is 5.75 Å². The van der Waals surface area contributed by atoms with Gasteiger partial charge in [-0.2, -0.15) is 15.4 Å². The maximum Gasteiger partial charge on any atom is 0.119 e. The number of aromatic nitrogens is 3. The highest BCUT2D eigenvalue weighted by molar-refractivity contribution is 5.27. The summed E-state index contributed by atoms with van der Waals surface area (Å²) in [6.45, 7) is 2.88. The number of nitrogens with one attached hydrogen (secondary N) is 1. The minimum absolute atomic E-state index is 0.776. The van der Waals surface area contributed by atoms with Gasteiger partial charge in [0.25, 0.3) is 0 Å². The van der Waals surface area contributed by atoms with E-state index in [0.717, 1.165) is 37.3 Å². The number of aromatic amines is 1. The fourth-order valence-corrected chi connectivity index (χ4v) is 1.59. The van der Waals surface area contributed by atoms with Gasteiger partial charge in [-0.3, -0.25) is 0 Å². The molecule has 0 aliphatic heterocycles. The smallest absolute Gasteiger partial charge is 0.119 e. The molecule has 0 saturated heterocycles. The number of ether oxygens (including phenoxy) is 1. The lowest BCUT2D eigenvalue weighted by molar-refractivity contribution is 0.317. The van der Waals surface area contributed by atoms with Crippen molar-refractivity contribution < 1.29 is 4.74 Å². The molecule has 90 valence electrons. The van der Waals surface area contributed by atoms with Crippen molar-refractivity contribution in [2.45, 2.75) is 26.2 Å². The number of aryl methyl sites for hydroxylation is 2. The van der Waals surface area contributed by atoms with Crippen molar-refractivity contribution in [3.63, 3.8) is 0 Å². The molecule has 0 atom stereocenters. The lowest BCUT2D eigenvalue weighted by atomic mass is 10.1. The molecule has 0 spiro atoms. The molecule has 4 nitrogen and oxygen atoms in total. The Hall–Kier alpha value is -1.84. The molecule has 2 aromatic rings. The molecule has 1 heterocycles. The van der Waals surface area contributed by atoms with Crippen molar-refractivity contribution in [3.8, 4) is 5.75 Å². The summed E-state index contributed by atoms with van der Waals surface area (Å²) < 4.78 is 5.53. The molecule has 0 fully saturated rings. The van der Waals surface area contributed by atoms with Crippen LogP contribution >= 0.6 is 0 Å². The quantitative estimate of drug-likeness (QED) is 0.830. The SMILES string of the molecule is CCCOc1ccc(CCc2cn[nH]n2)cc1. The molecule has 0 bridgehead atoms. The average Bonchev–Trinajstić information content (AvgIpc) is 2.88. The van der Waals surface area contributed by atoms with Crippen LogP contribution < -0.4 is 4.74 Å². The number of rotatable bonds is 6. The molecule has 1 N–H and O–H groups in total.